The zero-order chi connectivity index (χ0) is 16.1. The molecule has 0 aliphatic heterocycles. The van der Waals surface area contributed by atoms with Gasteiger partial charge in [0.05, 0.1) is 6.20 Å². The Morgan fingerprint density at radius 2 is 1.83 bits per heavy atom. The van der Waals surface area contributed by atoms with Crippen molar-refractivity contribution in [3.63, 3.8) is 0 Å². The lowest BCUT2D eigenvalue weighted by atomic mass is 10.2. The van der Waals surface area contributed by atoms with E-state index in [9.17, 15) is 4.79 Å². The zero-order valence-electron chi connectivity index (χ0n) is 12.3. The number of hydrogen-bond donors (Lipinski definition) is 1. The minimum atomic E-state index is -0.0672. The van der Waals surface area contributed by atoms with Gasteiger partial charge >= 0.3 is 0 Å². The van der Waals surface area contributed by atoms with Gasteiger partial charge in [0, 0.05) is 29.1 Å². The number of oxazole rings is 1. The molecule has 1 amide bonds. The number of nitrogens with zero attached hydrogens (tertiary/aromatic N) is 1. The van der Waals surface area contributed by atoms with E-state index in [-0.39, 0.29) is 5.91 Å². The number of carbonyl (C=O) groups is 1. The van der Waals surface area contributed by atoms with E-state index in [4.69, 9.17) is 16.0 Å². The van der Waals surface area contributed by atoms with Gasteiger partial charge in [-0.05, 0) is 36.4 Å². The third-order valence-electron chi connectivity index (χ3n) is 3.31. The normalized spacial score (nSPS) is 10.5. The number of aromatic nitrogens is 1. The highest BCUT2D eigenvalue weighted by Gasteiger charge is 2.09. The molecule has 1 N–H and O–H groups in total. The van der Waals surface area contributed by atoms with Gasteiger partial charge in [-0.15, -0.1) is 0 Å². The number of anilines is 1. The van der Waals surface area contributed by atoms with Crippen LogP contribution in [0, 0.1) is 0 Å². The molecule has 5 heteroatoms. The average Bonchev–Trinajstić information content (AvgIpc) is 3.04. The average molecular weight is 327 g/mol. The summed E-state index contributed by atoms with van der Waals surface area (Å²) in [5.41, 5.74) is 1.69. The number of nitrogens with one attached hydrogen (secondary N) is 1. The summed E-state index contributed by atoms with van der Waals surface area (Å²) in [6.07, 6.45) is 2.43. The van der Waals surface area contributed by atoms with Gasteiger partial charge in [-0.25, -0.2) is 4.98 Å². The Kier molecular flexibility index (Phi) is 4.74. The van der Waals surface area contributed by atoms with Crippen molar-refractivity contribution in [2.75, 3.05) is 5.32 Å². The van der Waals surface area contributed by atoms with E-state index in [0.29, 0.717) is 29.5 Å². The fourth-order valence-electron chi connectivity index (χ4n) is 2.14. The molecule has 3 rings (SSSR count). The summed E-state index contributed by atoms with van der Waals surface area (Å²) in [6, 6.07) is 16.7. The topological polar surface area (TPSA) is 55.1 Å². The first-order valence-corrected chi connectivity index (χ1v) is 7.64. The third-order valence-corrected chi connectivity index (χ3v) is 3.56. The van der Waals surface area contributed by atoms with Gasteiger partial charge < -0.3 is 9.73 Å². The standard InChI is InChI=1S/C18H15ClN2O2/c19-14-8-6-13(7-9-14)16-12-20-18(23-16)11-10-17(22)21-15-4-2-1-3-5-15/h1-9,12H,10-11H2,(H,21,22). The molecule has 0 aliphatic rings. The van der Waals surface area contributed by atoms with Crippen LogP contribution in [-0.4, -0.2) is 10.9 Å². The van der Waals surface area contributed by atoms with Crippen LogP contribution in [0.3, 0.4) is 0 Å². The maximum Gasteiger partial charge on any atom is 0.224 e. The molecule has 23 heavy (non-hydrogen) atoms. The van der Waals surface area contributed by atoms with E-state index >= 15 is 0 Å². The van der Waals surface area contributed by atoms with E-state index in [0.717, 1.165) is 11.3 Å². The number of aryl methyl sites for hydroxylation is 1. The predicted octanol–water partition coefficient (Wildman–Crippen LogP) is 4.57. The van der Waals surface area contributed by atoms with Crippen molar-refractivity contribution < 1.29 is 9.21 Å². The fraction of sp³-hybridized carbons (Fsp3) is 0.111. The number of carbonyl (C=O) groups excluding carboxylic acids is 1. The van der Waals surface area contributed by atoms with Crippen molar-refractivity contribution in [1.82, 2.24) is 4.98 Å². The van der Waals surface area contributed by atoms with E-state index in [2.05, 4.69) is 10.3 Å². The van der Waals surface area contributed by atoms with E-state index in [1.165, 1.54) is 0 Å². The van der Waals surface area contributed by atoms with Crippen molar-refractivity contribution in [3.8, 4) is 11.3 Å². The molecule has 2 aromatic carbocycles. The van der Waals surface area contributed by atoms with Crippen LogP contribution in [0.5, 0.6) is 0 Å². The number of para-hydroxylation sites is 1. The first-order valence-electron chi connectivity index (χ1n) is 7.26. The van der Waals surface area contributed by atoms with Crippen LogP contribution in [0.4, 0.5) is 5.69 Å². The quantitative estimate of drug-likeness (QED) is 0.747. The Hall–Kier alpha value is -2.59. The Bertz CT molecular complexity index is 782. The van der Waals surface area contributed by atoms with Crippen molar-refractivity contribution in [2.24, 2.45) is 0 Å². The summed E-state index contributed by atoms with van der Waals surface area (Å²) in [5, 5.41) is 3.51. The van der Waals surface area contributed by atoms with E-state index < -0.39 is 0 Å². The second kappa shape index (κ2) is 7.11. The molecule has 0 saturated carbocycles. The lowest BCUT2D eigenvalue weighted by molar-refractivity contribution is -0.116. The predicted molar refractivity (Wildman–Crippen MR) is 90.3 cm³/mol. The van der Waals surface area contributed by atoms with Gasteiger partial charge in [-0.1, -0.05) is 29.8 Å². The summed E-state index contributed by atoms with van der Waals surface area (Å²) in [7, 11) is 0. The highest BCUT2D eigenvalue weighted by Crippen LogP contribution is 2.22. The number of halogens is 1. The summed E-state index contributed by atoms with van der Waals surface area (Å²) < 4.78 is 5.68. The maximum absolute atomic E-state index is 11.9. The number of benzene rings is 2. The molecular formula is C18H15ClN2O2. The number of rotatable bonds is 5. The lowest BCUT2D eigenvalue weighted by Crippen LogP contribution is -2.12. The molecule has 3 aromatic rings. The van der Waals surface area contributed by atoms with Crippen LogP contribution in [0.2, 0.25) is 5.02 Å². The Morgan fingerprint density at radius 1 is 1.09 bits per heavy atom. The van der Waals surface area contributed by atoms with Gasteiger partial charge in [-0.2, -0.15) is 0 Å². The monoisotopic (exact) mass is 326 g/mol. The largest absolute Gasteiger partial charge is 0.441 e. The van der Waals surface area contributed by atoms with Crippen molar-refractivity contribution in [3.05, 3.63) is 71.7 Å². The molecule has 0 spiro atoms. The van der Waals surface area contributed by atoms with Crippen LogP contribution >= 0.6 is 11.6 Å². The molecule has 0 fully saturated rings. The highest BCUT2D eigenvalue weighted by atomic mass is 35.5. The van der Waals surface area contributed by atoms with Crippen LogP contribution in [0.1, 0.15) is 12.3 Å². The van der Waals surface area contributed by atoms with E-state index in [1.807, 2.05) is 42.5 Å². The van der Waals surface area contributed by atoms with Crippen LogP contribution in [0.15, 0.2) is 65.2 Å². The highest BCUT2D eigenvalue weighted by molar-refractivity contribution is 6.30. The van der Waals surface area contributed by atoms with Crippen molar-refractivity contribution in [2.45, 2.75) is 12.8 Å². The third kappa shape index (κ3) is 4.20. The van der Waals surface area contributed by atoms with Gasteiger partial charge in [-0.3, -0.25) is 4.79 Å². The smallest absolute Gasteiger partial charge is 0.224 e. The molecule has 4 nitrogen and oxygen atoms in total. The fourth-order valence-corrected chi connectivity index (χ4v) is 2.26. The van der Waals surface area contributed by atoms with E-state index in [1.54, 1.807) is 18.3 Å². The molecular weight excluding hydrogens is 312 g/mol. The molecule has 0 bridgehead atoms. The van der Waals surface area contributed by atoms with Gasteiger partial charge in [0.25, 0.3) is 0 Å². The lowest BCUT2D eigenvalue weighted by Gasteiger charge is -2.03. The molecule has 1 aromatic heterocycles. The molecule has 0 radical (unpaired) electrons. The summed E-state index contributed by atoms with van der Waals surface area (Å²) in [5.74, 6) is 1.14. The van der Waals surface area contributed by atoms with Crippen LogP contribution in [0.25, 0.3) is 11.3 Å². The summed E-state index contributed by atoms with van der Waals surface area (Å²) in [6.45, 7) is 0. The molecule has 0 aliphatic carbocycles. The Labute approximate surface area is 139 Å². The second-order valence-electron chi connectivity index (χ2n) is 5.04. The van der Waals surface area contributed by atoms with Crippen molar-refractivity contribution in [1.29, 1.82) is 0 Å². The molecule has 1 heterocycles. The first-order chi connectivity index (χ1) is 11.2. The van der Waals surface area contributed by atoms with Gasteiger partial charge in [0.2, 0.25) is 5.91 Å². The number of amides is 1. The molecule has 0 unspecified atom stereocenters. The minimum absolute atomic E-state index is 0.0672. The van der Waals surface area contributed by atoms with Crippen LogP contribution in [-0.2, 0) is 11.2 Å². The molecule has 116 valence electrons. The SMILES string of the molecule is O=C(CCc1ncc(-c2ccc(Cl)cc2)o1)Nc1ccccc1. The van der Waals surface area contributed by atoms with Gasteiger partial charge in [0.1, 0.15) is 0 Å². The Morgan fingerprint density at radius 3 is 2.57 bits per heavy atom. The minimum Gasteiger partial charge on any atom is -0.441 e. The van der Waals surface area contributed by atoms with Gasteiger partial charge in [0.15, 0.2) is 11.7 Å². The van der Waals surface area contributed by atoms with Crippen LogP contribution < -0.4 is 5.32 Å². The van der Waals surface area contributed by atoms with Crippen molar-refractivity contribution >= 4 is 23.2 Å². The first kappa shape index (κ1) is 15.3. The second-order valence-corrected chi connectivity index (χ2v) is 5.48. The molecule has 0 atom stereocenters. The summed E-state index contributed by atoms with van der Waals surface area (Å²) >= 11 is 5.86. The number of hydrogen-bond acceptors (Lipinski definition) is 3. The maximum atomic E-state index is 11.9. The Balaban J connectivity index is 1.57. The zero-order valence-corrected chi connectivity index (χ0v) is 13.1. The molecule has 0 saturated heterocycles. The summed E-state index contributed by atoms with van der Waals surface area (Å²) in [4.78, 5) is 16.1.